The van der Waals surface area contributed by atoms with E-state index in [1.165, 1.54) is 18.7 Å². The highest BCUT2D eigenvalue weighted by atomic mass is 16.5. The van der Waals surface area contributed by atoms with Crippen LogP contribution in [-0.4, -0.2) is 111 Å². The molecule has 9 atom stereocenters. The van der Waals surface area contributed by atoms with Gasteiger partial charge in [-0.05, 0) is 52.4 Å². The van der Waals surface area contributed by atoms with Gasteiger partial charge in [-0.1, -0.05) is 41.5 Å². The Morgan fingerprint density at radius 1 is 0.578 bits per heavy atom. The summed E-state index contributed by atoms with van der Waals surface area (Å²) < 4.78 is 6.01. The van der Waals surface area contributed by atoms with Gasteiger partial charge in [-0.3, -0.25) is 33.7 Å². The Morgan fingerprint density at radius 3 is 1.24 bits per heavy atom. The van der Waals surface area contributed by atoms with Crippen LogP contribution in [0.25, 0.3) is 0 Å². The van der Waals surface area contributed by atoms with E-state index in [-0.39, 0.29) is 0 Å². The topological polar surface area (TPSA) is 215 Å². The molecule has 0 unspecified atom stereocenters. The summed E-state index contributed by atoms with van der Waals surface area (Å²) >= 11 is 0. The predicted molar refractivity (Wildman–Crippen MR) is 163 cm³/mol. The lowest BCUT2D eigenvalue weighted by molar-refractivity contribution is -0.155. The van der Waals surface area contributed by atoms with E-state index in [2.05, 4.69) is 26.6 Å². The number of nitrogens with zero attached hydrogens (tertiary/aromatic N) is 1. The Morgan fingerprint density at radius 2 is 0.889 bits per heavy atom. The molecule has 7 N–H and O–H groups in total. The summed E-state index contributed by atoms with van der Waals surface area (Å²) in [5, 5.41) is 33.7. The first-order chi connectivity index (χ1) is 20.6. The molecule has 0 spiro atoms. The van der Waals surface area contributed by atoms with Crippen LogP contribution in [0, 0.1) is 17.8 Å². The van der Waals surface area contributed by atoms with Crippen molar-refractivity contribution in [3.8, 4) is 0 Å². The van der Waals surface area contributed by atoms with Crippen LogP contribution in [0.1, 0.15) is 76.2 Å². The molecule has 2 rings (SSSR count). The molecule has 0 aliphatic carbocycles. The van der Waals surface area contributed by atoms with Crippen molar-refractivity contribution in [2.45, 2.75) is 136 Å². The largest absolute Gasteiger partial charge is 0.391 e. The molecular formula is C30H52N6O9. The summed E-state index contributed by atoms with van der Waals surface area (Å²) in [6.07, 6.45) is -3.63. The van der Waals surface area contributed by atoms with Crippen molar-refractivity contribution in [1.82, 2.24) is 31.5 Å². The molecule has 2 aliphatic heterocycles. The number of nitrogens with one attached hydrogen (secondary N) is 5. The SMILES string of the molecule is CC(C)[C@@H]1NC(=O)[C@H]([C@@H](C)O)NC(=O)[C@H](C(C)C)NC(=O)[C@@H]2[C@@H](C)OC(C)(C)N2C(=O)[C@H](C(C)C)NC(=O)[C@H]([C@@H](C)O)NC1=O. The molecule has 2 aliphatic rings. The molecule has 0 aromatic carbocycles. The summed E-state index contributed by atoms with van der Waals surface area (Å²) in [5.41, 5.74) is -1.30. The third kappa shape index (κ3) is 8.70. The quantitative estimate of drug-likeness (QED) is 0.186. The van der Waals surface area contributed by atoms with Crippen molar-refractivity contribution in [2.24, 2.45) is 17.8 Å². The molecule has 2 fully saturated rings. The fourth-order valence-electron chi connectivity index (χ4n) is 5.61. The average molecular weight is 641 g/mol. The molecule has 2 saturated heterocycles. The van der Waals surface area contributed by atoms with E-state index in [1.807, 2.05) is 0 Å². The predicted octanol–water partition coefficient (Wildman–Crippen LogP) is -1.49. The van der Waals surface area contributed by atoms with Gasteiger partial charge in [0.2, 0.25) is 35.4 Å². The standard InChI is InChI=1S/C30H52N6O9/c1-12(2)18-24(39)35-22(16(8)38)27(42)33-20(14(5)6)29(44)36-23(17(9)45-30(36,10)11)28(43)32-19(13(3)4)25(40)34-21(15(7)37)26(41)31-18/h12-23,37-38H,1-11H3,(H,31,41)(H,32,43)(H,33,42)(H,34,40)(H,35,39)/t15-,16-,17-,18+,19+,20+,21+,22+,23+/m1/s1. The van der Waals surface area contributed by atoms with Crippen molar-refractivity contribution in [1.29, 1.82) is 0 Å². The lowest BCUT2D eigenvalue weighted by Crippen LogP contribution is -2.66. The minimum Gasteiger partial charge on any atom is -0.391 e. The normalized spacial score (nSPS) is 32.2. The van der Waals surface area contributed by atoms with Crippen molar-refractivity contribution in [3.05, 3.63) is 0 Å². The highest BCUT2D eigenvalue weighted by molar-refractivity contribution is 5.99. The molecule has 0 bridgehead atoms. The van der Waals surface area contributed by atoms with Gasteiger partial charge in [-0.25, -0.2) is 0 Å². The van der Waals surface area contributed by atoms with Gasteiger partial charge in [0.15, 0.2) is 0 Å². The number of fused-ring (bicyclic) bond motifs is 1. The maximum atomic E-state index is 14.2. The minimum absolute atomic E-state index is 0.485. The summed E-state index contributed by atoms with van der Waals surface area (Å²) in [5.74, 6) is -6.16. The number of rotatable bonds is 5. The highest BCUT2D eigenvalue weighted by Crippen LogP contribution is 2.34. The van der Waals surface area contributed by atoms with E-state index in [9.17, 15) is 39.0 Å². The van der Waals surface area contributed by atoms with Gasteiger partial charge in [0.1, 0.15) is 42.0 Å². The van der Waals surface area contributed by atoms with Crippen LogP contribution in [0.5, 0.6) is 0 Å². The molecule has 6 amide bonds. The molecule has 0 aromatic heterocycles. The van der Waals surface area contributed by atoms with Crippen LogP contribution < -0.4 is 26.6 Å². The van der Waals surface area contributed by atoms with E-state index >= 15 is 0 Å². The Balaban J connectivity index is 2.72. The lowest BCUT2D eigenvalue weighted by atomic mass is 9.97. The molecule has 0 aromatic rings. The van der Waals surface area contributed by atoms with Crippen molar-refractivity contribution < 1.29 is 43.7 Å². The number of ether oxygens (including phenoxy) is 1. The third-order valence-electron chi connectivity index (χ3n) is 8.13. The zero-order valence-electron chi connectivity index (χ0n) is 28.1. The summed E-state index contributed by atoms with van der Waals surface area (Å²) in [6.45, 7) is 17.4. The van der Waals surface area contributed by atoms with Gasteiger partial charge in [0.05, 0.1) is 18.3 Å². The summed E-state index contributed by atoms with van der Waals surface area (Å²) in [4.78, 5) is 83.1. The fourth-order valence-corrected chi connectivity index (χ4v) is 5.61. The van der Waals surface area contributed by atoms with Gasteiger partial charge in [-0.15, -0.1) is 0 Å². The molecule has 2 heterocycles. The Hall–Kier alpha value is -3.30. The number of carbonyl (C=O) groups excluding carboxylic acids is 6. The van der Waals surface area contributed by atoms with Gasteiger partial charge >= 0.3 is 0 Å². The van der Waals surface area contributed by atoms with Crippen LogP contribution in [-0.2, 0) is 33.5 Å². The zero-order chi connectivity index (χ0) is 34.7. The van der Waals surface area contributed by atoms with Crippen molar-refractivity contribution in [2.75, 3.05) is 0 Å². The maximum absolute atomic E-state index is 14.2. The van der Waals surface area contributed by atoms with Crippen LogP contribution >= 0.6 is 0 Å². The van der Waals surface area contributed by atoms with E-state index in [4.69, 9.17) is 4.74 Å². The van der Waals surface area contributed by atoms with Crippen molar-refractivity contribution >= 4 is 35.4 Å². The first-order valence-corrected chi connectivity index (χ1v) is 15.5. The first kappa shape index (κ1) is 37.9. The van der Waals surface area contributed by atoms with E-state index in [0.29, 0.717) is 0 Å². The monoisotopic (exact) mass is 640 g/mol. The maximum Gasteiger partial charge on any atom is 0.248 e. The van der Waals surface area contributed by atoms with Crippen molar-refractivity contribution in [3.63, 3.8) is 0 Å². The second kappa shape index (κ2) is 14.9. The van der Waals surface area contributed by atoms with Crippen LogP contribution in [0.2, 0.25) is 0 Å². The highest BCUT2D eigenvalue weighted by Gasteiger charge is 2.54. The molecule has 15 nitrogen and oxygen atoms in total. The van der Waals surface area contributed by atoms with Crippen LogP contribution in [0.3, 0.4) is 0 Å². The van der Waals surface area contributed by atoms with Crippen LogP contribution in [0.15, 0.2) is 0 Å². The number of hydrogen-bond donors (Lipinski definition) is 7. The van der Waals surface area contributed by atoms with E-state index < -0.39 is 113 Å². The second-order valence-corrected chi connectivity index (χ2v) is 13.6. The fraction of sp³-hybridized carbons (Fsp3) is 0.800. The number of carbonyl (C=O) groups is 6. The van der Waals surface area contributed by atoms with Gasteiger partial charge in [0.25, 0.3) is 0 Å². The van der Waals surface area contributed by atoms with Crippen LogP contribution in [0.4, 0.5) is 0 Å². The molecular weight excluding hydrogens is 588 g/mol. The number of amides is 6. The Kier molecular flexibility index (Phi) is 12.5. The van der Waals surface area contributed by atoms with Gasteiger partial charge < -0.3 is 41.5 Å². The minimum atomic E-state index is -1.52. The van der Waals surface area contributed by atoms with E-state index in [1.54, 1.807) is 62.3 Å². The molecule has 45 heavy (non-hydrogen) atoms. The number of hydrogen-bond acceptors (Lipinski definition) is 9. The molecule has 15 heteroatoms. The number of aliphatic hydroxyl groups is 2. The first-order valence-electron chi connectivity index (χ1n) is 15.5. The number of aliphatic hydroxyl groups excluding tert-OH is 2. The second-order valence-electron chi connectivity index (χ2n) is 13.6. The molecule has 0 saturated carbocycles. The average Bonchev–Trinajstić information content (AvgIpc) is 3.15. The van der Waals surface area contributed by atoms with Gasteiger partial charge in [0, 0.05) is 0 Å². The lowest BCUT2D eigenvalue weighted by Gasteiger charge is -2.38. The smallest absolute Gasteiger partial charge is 0.248 e. The zero-order valence-corrected chi connectivity index (χ0v) is 28.1. The Bertz CT molecular complexity index is 1140. The van der Waals surface area contributed by atoms with E-state index in [0.717, 1.165) is 0 Å². The molecule has 256 valence electrons. The third-order valence-corrected chi connectivity index (χ3v) is 8.13. The van der Waals surface area contributed by atoms with Gasteiger partial charge in [-0.2, -0.15) is 0 Å². The Labute approximate surface area is 264 Å². The molecule has 0 radical (unpaired) electrons. The summed E-state index contributed by atoms with van der Waals surface area (Å²) in [6, 6.07) is -7.88. The summed E-state index contributed by atoms with van der Waals surface area (Å²) in [7, 11) is 0.